The monoisotopic (exact) mass is 225 g/mol. The summed E-state index contributed by atoms with van der Waals surface area (Å²) in [6.45, 7) is 10.1. The zero-order valence-electron chi connectivity index (χ0n) is 10.5. The Bertz CT molecular complexity index is 196. The van der Waals surface area contributed by atoms with Gasteiger partial charge in [-0.25, -0.2) is 0 Å². The van der Waals surface area contributed by atoms with Crippen LogP contribution >= 0.6 is 11.8 Å². The number of hydrogen-bond acceptors (Lipinski definition) is 2. The topological polar surface area (TPSA) is 12.0 Å². The van der Waals surface area contributed by atoms with Crippen molar-refractivity contribution < 1.29 is 0 Å². The van der Waals surface area contributed by atoms with Crippen LogP contribution in [0.15, 0.2) is 0 Å². The summed E-state index contributed by atoms with van der Waals surface area (Å²) in [6.07, 6.45) is 1.26. The quantitative estimate of drug-likeness (QED) is 0.551. The van der Waals surface area contributed by atoms with Gasteiger partial charge in [-0.3, -0.25) is 0 Å². The summed E-state index contributed by atoms with van der Waals surface area (Å²) in [5.41, 5.74) is 0.332. The molecule has 1 fully saturated rings. The van der Waals surface area contributed by atoms with Crippen LogP contribution in [0.25, 0.3) is 0 Å². The summed E-state index contributed by atoms with van der Waals surface area (Å²) in [7, 11) is 6.03. The molecule has 0 aromatic rings. The zero-order chi connectivity index (χ0) is 11.5. The van der Waals surface area contributed by atoms with E-state index in [1.54, 1.807) is 0 Å². The fourth-order valence-electron chi connectivity index (χ4n) is 2.00. The predicted octanol–water partition coefficient (Wildman–Crippen LogP) is 2.72. The fraction of sp³-hybridized carbons (Fsp3) is 1.00. The largest absolute Gasteiger partial charge is 0.313 e. The van der Waals surface area contributed by atoms with Crippen molar-refractivity contribution in [2.24, 2.45) is 11.3 Å². The van der Waals surface area contributed by atoms with Gasteiger partial charge < -0.3 is 5.32 Å². The SMILES string of the molecule is [B]C(C)C1(C)CNC1CCSCC(C)C. The van der Waals surface area contributed by atoms with E-state index in [1.165, 1.54) is 17.9 Å². The van der Waals surface area contributed by atoms with Crippen molar-refractivity contribution in [3.8, 4) is 0 Å². The van der Waals surface area contributed by atoms with E-state index in [4.69, 9.17) is 7.85 Å². The first kappa shape index (κ1) is 13.4. The highest BCUT2D eigenvalue weighted by molar-refractivity contribution is 7.99. The van der Waals surface area contributed by atoms with Gasteiger partial charge in [0.25, 0.3) is 0 Å². The normalized spacial score (nSPS) is 32.7. The summed E-state index contributed by atoms with van der Waals surface area (Å²) in [5, 5.41) is 3.51. The molecule has 1 aliphatic rings. The average molecular weight is 225 g/mol. The van der Waals surface area contributed by atoms with Gasteiger partial charge in [0.1, 0.15) is 0 Å². The first-order chi connectivity index (χ1) is 6.97. The molecule has 0 saturated carbocycles. The van der Waals surface area contributed by atoms with Gasteiger partial charge in [0.15, 0.2) is 0 Å². The summed E-state index contributed by atoms with van der Waals surface area (Å²) >= 11 is 2.07. The molecule has 15 heavy (non-hydrogen) atoms. The highest BCUT2D eigenvalue weighted by atomic mass is 32.2. The second-order valence-corrected chi connectivity index (χ2v) is 6.64. The minimum atomic E-state index is 0.304. The molecule has 1 heterocycles. The molecule has 0 aromatic carbocycles. The van der Waals surface area contributed by atoms with E-state index in [-0.39, 0.29) is 0 Å². The third kappa shape index (κ3) is 3.42. The second kappa shape index (κ2) is 5.63. The lowest BCUT2D eigenvalue weighted by Gasteiger charge is -2.52. The van der Waals surface area contributed by atoms with Crippen molar-refractivity contribution in [3.05, 3.63) is 0 Å². The van der Waals surface area contributed by atoms with Crippen LogP contribution in [0.4, 0.5) is 0 Å². The molecule has 3 unspecified atom stereocenters. The van der Waals surface area contributed by atoms with Crippen LogP contribution in [0.3, 0.4) is 0 Å². The molecule has 0 bridgehead atoms. The summed E-state index contributed by atoms with van der Waals surface area (Å²) in [4.78, 5) is 0. The number of nitrogens with one attached hydrogen (secondary N) is 1. The minimum absolute atomic E-state index is 0.304. The van der Waals surface area contributed by atoms with Crippen LogP contribution < -0.4 is 5.32 Å². The highest BCUT2D eigenvalue weighted by Crippen LogP contribution is 2.40. The lowest BCUT2D eigenvalue weighted by Crippen LogP contribution is -2.62. The predicted molar refractivity (Wildman–Crippen MR) is 71.9 cm³/mol. The zero-order valence-corrected chi connectivity index (χ0v) is 11.4. The maximum absolute atomic E-state index is 6.03. The van der Waals surface area contributed by atoms with Crippen LogP contribution in [0.1, 0.15) is 34.1 Å². The van der Waals surface area contributed by atoms with Crippen molar-refractivity contribution in [1.29, 1.82) is 0 Å². The lowest BCUT2D eigenvalue weighted by molar-refractivity contribution is 0.0975. The number of thioether (sulfide) groups is 1. The van der Waals surface area contributed by atoms with Gasteiger partial charge in [-0.05, 0) is 29.3 Å². The maximum atomic E-state index is 6.03. The van der Waals surface area contributed by atoms with Gasteiger partial charge in [-0.2, -0.15) is 11.8 Å². The summed E-state index contributed by atoms with van der Waals surface area (Å²) in [6, 6.07) is 0.636. The molecular weight excluding hydrogens is 201 g/mol. The first-order valence-electron chi connectivity index (χ1n) is 6.03. The van der Waals surface area contributed by atoms with Gasteiger partial charge in [-0.1, -0.05) is 33.5 Å². The molecule has 0 aliphatic carbocycles. The van der Waals surface area contributed by atoms with Crippen molar-refractivity contribution in [1.82, 2.24) is 5.32 Å². The van der Waals surface area contributed by atoms with Crippen molar-refractivity contribution in [3.63, 3.8) is 0 Å². The second-order valence-electron chi connectivity index (χ2n) is 5.49. The Balaban J connectivity index is 2.17. The Morgan fingerprint density at radius 3 is 2.53 bits per heavy atom. The Labute approximate surface area is 101 Å². The van der Waals surface area contributed by atoms with Crippen LogP contribution in [0, 0.1) is 11.3 Å². The van der Waals surface area contributed by atoms with Crippen molar-refractivity contribution in [2.45, 2.75) is 46.0 Å². The molecule has 86 valence electrons. The average Bonchev–Trinajstić information content (AvgIpc) is 2.13. The van der Waals surface area contributed by atoms with Gasteiger partial charge in [0, 0.05) is 12.6 Å². The molecule has 0 spiro atoms. The molecule has 0 aromatic heterocycles. The molecule has 1 nitrogen and oxygen atoms in total. The lowest BCUT2D eigenvalue weighted by atomic mass is 9.59. The third-order valence-corrected chi connectivity index (χ3v) is 4.99. The van der Waals surface area contributed by atoms with E-state index in [9.17, 15) is 0 Å². The first-order valence-corrected chi connectivity index (χ1v) is 7.19. The summed E-state index contributed by atoms with van der Waals surface area (Å²) < 4.78 is 0. The molecule has 0 amide bonds. The molecule has 1 aliphatic heterocycles. The maximum Gasteiger partial charge on any atom is 0.0704 e. The van der Waals surface area contributed by atoms with Crippen LogP contribution in [-0.4, -0.2) is 31.9 Å². The number of rotatable bonds is 6. The van der Waals surface area contributed by atoms with Gasteiger partial charge in [0.05, 0.1) is 7.85 Å². The van der Waals surface area contributed by atoms with Crippen LogP contribution in [-0.2, 0) is 0 Å². The van der Waals surface area contributed by atoms with E-state index in [0.29, 0.717) is 17.3 Å². The Kier molecular flexibility index (Phi) is 5.04. The standard InChI is InChI=1S/C12H24BNS/c1-9(2)7-15-6-5-11-12(4,8-14-11)10(3)13/h9-11,14H,5-8H2,1-4H3. The van der Waals surface area contributed by atoms with Crippen LogP contribution in [0.5, 0.6) is 0 Å². The van der Waals surface area contributed by atoms with Gasteiger partial charge >= 0.3 is 0 Å². The minimum Gasteiger partial charge on any atom is -0.313 e. The van der Waals surface area contributed by atoms with E-state index in [2.05, 4.69) is 44.8 Å². The van der Waals surface area contributed by atoms with Crippen molar-refractivity contribution >= 4 is 19.6 Å². The molecule has 3 atom stereocenters. The van der Waals surface area contributed by atoms with Crippen molar-refractivity contribution in [2.75, 3.05) is 18.1 Å². The molecule has 1 N–H and O–H groups in total. The molecule has 1 saturated heterocycles. The Hall–Kier alpha value is 0.375. The molecule has 1 rings (SSSR count). The smallest absolute Gasteiger partial charge is 0.0704 e. The molecule has 2 radical (unpaired) electrons. The molecular formula is C12H24BNS. The molecule has 3 heteroatoms. The van der Waals surface area contributed by atoms with Crippen LogP contribution in [0.2, 0.25) is 5.82 Å². The third-order valence-electron chi connectivity index (χ3n) is 3.57. The fourth-order valence-corrected chi connectivity index (χ4v) is 3.04. The van der Waals surface area contributed by atoms with E-state index in [0.717, 1.165) is 12.5 Å². The summed E-state index contributed by atoms with van der Waals surface area (Å²) in [5.74, 6) is 3.66. The number of hydrogen-bond donors (Lipinski definition) is 1. The van der Waals surface area contributed by atoms with E-state index < -0.39 is 0 Å². The Morgan fingerprint density at radius 1 is 1.47 bits per heavy atom. The Morgan fingerprint density at radius 2 is 2.13 bits per heavy atom. The highest BCUT2D eigenvalue weighted by Gasteiger charge is 2.43. The van der Waals surface area contributed by atoms with Gasteiger partial charge in [0.2, 0.25) is 0 Å². The van der Waals surface area contributed by atoms with E-state index in [1.807, 2.05) is 0 Å². The van der Waals surface area contributed by atoms with Gasteiger partial charge in [-0.15, -0.1) is 0 Å². The van der Waals surface area contributed by atoms with E-state index >= 15 is 0 Å².